The van der Waals surface area contributed by atoms with Crippen LogP contribution in [0.5, 0.6) is 0 Å². The van der Waals surface area contributed by atoms with E-state index in [1.54, 1.807) is 17.5 Å². The molecule has 25 heavy (non-hydrogen) atoms. The minimum absolute atomic E-state index is 0.240. The minimum Gasteiger partial charge on any atom is -0.378 e. The highest BCUT2D eigenvalue weighted by molar-refractivity contribution is 7.19. The zero-order valence-electron chi connectivity index (χ0n) is 13.4. The number of halogens is 1. The summed E-state index contributed by atoms with van der Waals surface area (Å²) in [6, 6.07) is 9.53. The highest BCUT2D eigenvalue weighted by Gasteiger charge is 2.22. The van der Waals surface area contributed by atoms with Crippen LogP contribution in [0.3, 0.4) is 0 Å². The molecule has 1 aliphatic rings. The monoisotopic (exact) mass is 373 g/mol. The molecule has 1 fully saturated rings. The van der Waals surface area contributed by atoms with Gasteiger partial charge in [0.25, 0.3) is 0 Å². The fourth-order valence-corrected chi connectivity index (χ4v) is 4.04. The maximum Gasteiger partial charge on any atom is 0.220 e. The van der Waals surface area contributed by atoms with Gasteiger partial charge in [0.05, 0.1) is 34.5 Å². The highest BCUT2D eigenvalue weighted by atomic mass is 35.5. The first-order valence-electron chi connectivity index (χ1n) is 7.89. The van der Waals surface area contributed by atoms with Crippen molar-refractivity contribution >= 4 is 34.0 Å². The summed E-state index contributed by atoms with van der Waals surface area (Å²) in [5.41, 5.74) is 8.22. The number of hydrogen-bond acceptors (Lipinski definition) is 7. The van der Waals surface area contributed by atoms with E-state index in [0.717, 1.165) is 40.0 Å². The summed E-state index contributed by atoms with van der Waals surface area (Å²) >= 11 is 8.00. The van der Waals surface area contributed by atoms with E-state index >= 15 is 0 Å². The van der Waals surface area contributed by atoms with Crippen LogP contribution in [-0.2, 0) is 4.74 Å². The molecular formula is C17H16ClN5OS. The van der Waals surface area contributed by atoms with Gasteiger partial charge in [0.2, 0.25) is 5.95 Å². The summed E-state index contributed by atoms with van der Waals surface area (Å²) in [4.78, 5) is 16.4. The molecule has 2 N–H and O–H groups in total. The maximum atomic E-state index is 6.42. The zero-order chi connectivity index (χ0) is 17.2. The number of nitrogen functional groups attached to an aromatic ring is 1. The number of nitrogens with two attached hydrogens (primary N) is 1. The lowest BCUT2D eigenvalue weighted by atomic mass is 10.1. The molecule has 0 unspecified atom stereocenters. The molecule has 128 valence electrons. The zero-order valence-corrected chi connectivity index (χ0v) is 14.9. The van der Waals surface area contributed by atoms with Gasteiger partial charge < -0.3 is 15.4 Å². The summed E-state index contributed by atoms with van der Waals surface area (Å²) in [6.45, 7) is 3.05. The third-order valence-corrected chi connectivity index (χ3v) is 5.40. The van der Waals surface area contributed by atoms with Crippen molar-refractivity contribution in [2.24, 2.45) is 0 Å². The Balaban J connectivity index is 1.85. The largest absolute Gasteiger partial charge is 0.378 e. The first kappa shape index (κ1) is 16.3. The number of hydrogen-bond donors (Lipinski definition) is 1. The molecule has 1 saturated heterocycles. The molecule has 0 aliphatic carbocycles. The van der Waals surface area contributed by atoms with E-state index in [0.29, 0.717) is 18.2 Å². The summed E-state index contributed by atoms with van der Waals surface area (Å²) in [5, 5.41) is 1.59. The van der Waals surface area contributed by atoms with Crippen LogP contribution in [0.4, 0.5) is 11.1 Å². The topological polar surface area (TPSA) is 77.2 Å². The van der Waals surface area contributed by atoms with Crippen molar-refractivity contribution in [3.63, 3.8) is 0 Å². The molecule has 1 aromatic carbocycles. The maximum absolute atomic E-state index is 6.42. The second-order valence-corrected chi connectivity index (χ2v) is 6.94. The molecule has 0 bridgehead atoms. The van der Waals surface area contributed by atoms with Gasteiger partial charge in [-0.15, -0.1) is 0 Å². The average molecular weight is 374 g/mol. The van der Waals surface area contributed by atoms with Crippen molar-refractivity contribution in [2.75, 3.05) is 36.9 Å². The number of morpholine rings is 1. The Bertz CT molecular complexity index is 894. The van der Waals surface area contributed by atoms with Gasteiger partial charge >= 0.3 is 0 Å². The summed E-state index contributed by atoms with van der Waals surface area (Å²) in [5.74, 6) is 0.240. The van der Waals surface area contributed by atoms with Crippen LogP contribution in [0.15, 0.2) is 36.5 Å². The van der Waals surface area contributed by atoms with Gasteiger partial charge in [0.1, 0.15) is 0 Å². The second kappa shape index (κ2) is 6.95. The van der Waals surface area contributed by atoms with E-state index < -0.39 is 0 Å². The number of rotatable bonds is 3. The van der Waals surface area contributed by atoms with E-state index in [2.05, 4.69) is 14.9 Å². The standard InChI is InChI=1S/C17H16ClN5OS/c18-12-4-2-1-3-11(12)14-15(13-5-6-20-16(19)21-13)25-17(22-14)23-7-9-24-10-8-23/h1-6H,7-10H2,(H2,19,20,21). The Morgan fingerprint density at radius 2 is 1.92 bits per heavy atom. The van der Waals surface area contributed by atoms with Crippen molar-refractivity contribution in [2.45, 2.75) is 0 Å². The van der Waals surface area contributed by atoms with Gasteiger partial charge in [-0.2, -0.15) is 0 Å². The Hall–Kier alpha value is -2.22. The van der Waals surface area contributed by atoms with Gasteiger partial charge in [-0.3, -0.25) is 0 Å². The molecule has 4 rings (SSSR count). The number of nitrogens with zero attached hydrogens (tertiary/aromatic N) is 4. The lowest BCUT2D eigenvalue weighted by molar-refractivity contribution is 0.122. The van der Waals surface area contributed by atoms with E-state index in [-0.39, 0.29) is 5.95 Å². The lowest BCUT2D eigenvalue weighted by Crippen LogP contribution is -2.36. The van der Waals surface area contributed by atoms with Gasteiger partial charge in [-0.25, -0.2) is 15.0 Å². The Labute approximate surface area is 154 Å². The van der Waals surface area contributed by atoms with Crippen LogP contribution in [0.25, 0.3) is 21.8 Å². The van der Waals surface area contributed by atoms with E-state index in [4.69, 9.17) is 27.1 Å². The number of benzene rings is 1. The molecule has 6 nitrogen and oxygen atoms in total. The Morgan fingerprint density at radius 1 is 1.12 bits per heavy atom. The summed E-state index contributed by atoms with van der Waals surface area (Å²) in [6.07, 6.45) is 1.65. The van der Waals surface area contributed by atoms with Gasteiger partial charge in [-0.05, 0) is 12.1 Å². The Morgan fingerprint density at radius 3 is 2.68 bits per heavy atom. The molecule has 0 atom stereocenters. The van der Waals surface area contributed by atoms with Crippen LogP contribution in [0.2, 0.25) is 5.02 Å². The quantitative estimate of drug-likeness (QED) is 0.758. The van der Waals surface area contributed by atoms with E-state index in [9.17, 15) is 0 Å². The van der Waals surface area contributed by atoms with Crippen molar-refractivity contribution in [3.05, 3.63) is 41.6 Å². The van der Waals surface area contributed by atoms with Gasteiger partial charge in [-0.1, -0.05) is 41.1 Å². The minimum atomic E-state index is 0.240. The van der Waals surface area contributed by atoms with Crippen LogP contribution < -0.4 is 10.6 Å². The van der Waals surface area contributed by atoms with Crippen molar-refractivity contribution in [3.8, 4) is 21.8 Å². The first-order valence-corrected chi connectivity index (χ1v) is 9.09. The van der Waals surface area contributed by atoms with Crippen molar-refractivity contribution in [1.29, 1.82) is 0 Å². The fraction of sp³-hybridized carbons (Fsp3) is 0.235. The average Bonchev–Trinajstić information content (AvgIpc) is 3.08. The van der Waals surface area contributed by atoms with Gasteiger partial charge in [0.15, 0.2) is 5.13 Å². The van der Waals surface area contributed by atoms with E-state index in [1.165, 1.54) is 0 Å². The molecule has 2 aromatic heterocycles. The first-order chi connectivity index (χ1) is 12.2. The predicted molar refractivity (Wildman–Crippen MR) is 101 cm³/mol. The van der Waals surface area contributed by atoms with Crippen LogP contribution >= 0.6 is 22.9 Å². The molecule has 8 heteroatoms. The fourth-order valence-electron chi connectivity index (χ4n) is 2.71. The molecule has 0 amide bonds. The Kier molecular flexibility index (Phi) is 4.52. The van der Waals surface area contributed by atoms with Crippen molar-refractivity contribution in [1.82, 2.24) is 15.0 Å². The smallest absolute Gasteiger partial charge is 0.220 e. The SMILES string of the molecule is Nc1nccc(-c2sc(N3CCOCC3)nc2-c2ccccc2Cl)n1. The lowest BCUT2D eigenvalue weighted by Gasteiger charge is -2.26. The number of ether oxygens (including phenoxy) is 1. The summed E-state index contributed by atoms with van der Waals surface area (Å²) in [7, 11) is 0. The van der Waals surface area contributed by atoms with Crippen LogP contribution in [-0.4, -0.2) is 41.3 Å². The normalized spacial score (nSPS) is 14.7. The van der Waals surface area contributed by atoms with Gasteiger partial charge in [0, 0.05) is 24.8 Å². The molecule has 1 aliphatic heterocycles. The predicted octanol–water partition coefficient (Wildman–Crippen LogP) is 3.34. The molecule has 0 saturated carbocycles. The number of thiazole rings is 1. The highest BCUT2D eigenvalue weighted by Crippen LogP contribution is 2.41. The molecule has 3 aromatic rings. The van der Waals surface area contributed by atoms with E-state index in [1.807, 2.05) is 30.3 Å². The number of anilines is 2. The molecule has 0 radical (unpaired) electrons. The van der Waals surface area contributed by atoms with Crippen molar-refractivity contribution < 1.29 is 4.74 Å². The van der Waals surface area contributed by atoms with Crippen LogP contribution in [0, 0.1) is 0 Å². The summed E-state index contributed by atoms with van der Waals surface area (Å²) < 4.78 is 5.44. The second-order valence-electron chi connectivity index (χ2n) is 5.55. The van der Waals surface area contributed by atoms with Crippen LogP contribution in [0.1, 0.15) is 0 Å². The molecule has 0 spiro atoms. The number of aromatic nitrogens is 3. The molecule has 3 heterocycles. The third kappa shape index (κ3) is 3.30. The third-order valence-electron chi connectivity index (χ3n) is 3.93. The molecular weight excluding hydrogens is 358 g/mol.